The van der Waals surface area contributed by atoms with E-state index in [0.717, 1.165) is 44.2 Å². The topological polar surface area (TPSA) is 25.8 Å². The van der Waals surface area contributed by atoms with Crippen molar-refractivity contribution < 1.29 is 0 Å². The molecule has 0 saturated heterocycles. The summed E-state index contributed by atoms with van der Waals surface area (Å²) in [5, 5.41) is 7.15. The van der Waals surface area contributed by atoms with Gasteiger partial charge in [0.25, 0.3) is 0 Å². The van der Waals surface area contributed by atoms with E-state index in [1.165, 1.54) is 38.2 Å². The average Bonchev–Trinajstić information content (AvgIpc) is 3.07. The third-order valence-electron chi connectivity index (χ3n) is 8.86. The molecule has 2 heteroatoms. The zero-order valence-electron chi connectivity index (χ0n) is 25.2. The lowest BCUT2D eigenvalue weighted by Gasteiger charge is -2.21. The van der Waals surface area contributed by atoms with Crippen LogP contribution in [0.4, 0.5) is 0 Å². The van der Waals surface area contributed by atoms with Crippen molar-refractivity contribution in [2.45, 2.75) is 26.2 Å². The van der Waals surface area contributed by atoms with E-state index in [1.807, 2.05) is 6.20 Å². The maximum absolute atomic E-state index is 5.48. The minimum atomic E-state index is 0.0249. The quantitative estimate of drug-likeness (QED) is 0.199. The summed E-state index contributed by atoms with van der Waals surface area (Å²) in [6.07, 6.45) is 1.92. The molecule has 0 fully saturated rings. The minimum Gasteiger partial charge on any atom is -0.254 e. The smallest absolute Gasteiger partial charge is 0.0978 e. The summed E-state index contributed by atoms with van der Waals surface area (Å²) in [6, 6.07) is 48.0. The second-order valence-corrected chi connectivity index (χ2v) is 12.7. The van der Waals surface area contributed by atoms with Crippen LogP contribution in [0.5, 0.6) is 0 Å². The number of hydrogen-bond acceptors (Lipinski definition) is 2. The number of aromatic nitrogens is 2. The van der Waals surface area contributed by atoms with E-state index < -0.39 is 0 Å². The maximum atomic E-state index is 5.48. The van der Waals surface area contributed by atoms with E-state index in [0.29, 0.717) is 0 Å². The van der Waals surface area contributed by atoms with Crippen LogP contribution in [0.15, 0.2) is 140 Å². The third-order valence-corrected chi connectivity index (χ3v) is 8.86. The molecule has 0 bridgehead atoms. The SMILES string of the molecule is CC(C)(C)c1ccc2c(c1)c(-c1cc(-c3ccccc3)c3ccc4c(-c5ccccc5)ccnc4c3n1)cc1ccccc12. The molecule has 2 aromatic heterocycles. The molecule has 44 heavy (non-hydrogen) atoms. The lowest BCUT2D eigenvalue weighted by molar-refractivity contribution is 0.591. The summed E-state index contributed by atoms with van der Waals surface area (Å²) in [7, 11) is 0. The molecule has 0 spiro atoms. The van der Waals surface area contributed by atoms with Gasteiger partial charge in [0.05, 0.1) is 16.7 Å². The Labute approximate surface area is 257 Å². The fourth-order valence-corrected chi connectivity index (χ4v) is 6.55. The van der Waals surface area contributed by atoms with Gasteiger partial charge < -0.3 is 0 Å². The molecule has 0 aliphatic heterocycles. The van der Waals surface area contributed by atoms with Gasteiger partial charge in [-0.2, -0.15) is 0 Å². The molecule has 6 aromatic carbocycles. The molecule has 0 radical (unpaired) electrons. The molecule has 210 valence electrons. The maximum Gasteiger partial charge on any atom is 0.0978 e. The molecule has 2 nitrogen and oxygen atoms in total. The highest BCUT2D eigenvalue weighted by atomic mass is 14.8. The van der Waals surface area contributed by atoms with Crippen LogP contribution in [0, 0.1) is 0 Å². The largest absolute Gasteiger partial charge is 0.254 e. The molecule has 8 aromatic rings. The molecular weight excluding hydrogens is 532 g/mol. The number of hydrogen-bond donors (Lipinski definition) is 0. The highest BCUT2D eigenvalue weighted by Crippen LogP contribution is 2.41. The predicted octanol–water partition coefficient (Wildman–Crippen LogP) is 11.4. The minimum absolute atomic E-state index is 0.0249. The molecule has 0 atom stereocenters. The van der Waals surface area contributed by atoms with E-state index in [9.17, 15) is 0 Å². The molecule has 0 unspecified atom stereocenters. The summed E-state index contributed by atoms with van der Waals surface area (Å²) >= 11 is 0. The van der Waals surface area contributed by atoms with Crippen molar-refractivity contribution in [1.82, 2.24) is 9.97 Å². The zero-order valence-corrected chi connectivity index (χ0v) is 25.2. The molecular formula is C42H32N2. The second kappa shape index (κ2) is 10.1. The number of nitrogens with zero attached hydrogens (tertiary/aromatic N) is 2. The Morgan fingerprint density at radius 1 is 0.455 bits per heavy atom. The van der Waals surface area contributed by atoms with Gasteiger partial charge in [0, 0.05) is 22.5 Å². The highest BCUT2D eigenvalue weighted by Gasteiger charge is 2.19. The van der Waals surface area contributed by atoms with Gasteiger partial charge >= 0.3 is 0 Å². The third kappa shape index (κ3) is 4.34. The summed E-state index contributed by atoms with van der Waals surface area (Å²) in [4.78, 5) is 10.4. The molecule has 0 aliphatic carbocycles. The number of benzene rings is 6. The van der Waals surface area contributed by atoms with Crippen LogP contribution >= 0.6 is 0 Å². The first kappa shape index (κ1) is 26.3. The Bertz CT molecular complexity index is 2350. The fraction of sp³-hybridized carbons (Fsp3) is 0.0952. The van der Waals surface area contributed by atoms with Crippen LogP contribution < -0.4 is 0 Å². The number of pyridine rings is 2. The molecule has 0 N–H and O–H groups in total. The van der Waals surface area contributed by atoms with Gasteiger partial charge in [-0.3, -0.25) is 4.98 Å². The van der Waals surface area contributed by atoms with Crippen LogP contribution in [0.1, 0.15) is 26.3 Å². The lowest BCUT2D eigenvalue weighted by atomic mass is 9.84. The van der Waals surface area contributed by atoms with Gasteiger partial charge in [0.15, 0.2) is 0 Å². The van der Waals surface area contributed by atoms with E-state index in [-0.39, 0.29) is 5.41 Å². The van der Waals surface area contributed by atoms with E-state index in [2.05, 4.69) is 154 Å². The summed E-state index contributed by atoms with van der Waals surface area (Å²) in [5.41, 5.74) is 9.94. The van der Waals surface area contributed by atoms with Crippen molar-refractivity contribution in [1.29, 1.82) is 0 Å². The van der Waals surface area contributed by atoms with Crippen molar-refractivity contribution in [2.75, 3.05) is 0 Å². The molecule has 0 aliphatic rings. The van der Waals surface area contributed by atoms with Crippen LogP contribution in [0.25, 0.3) is 76.9 Å². The standard InChI is InChI=1S/C42H32N2/c1-42(2,3)30-18-19-33-31-17-11-10-16-29(31)24-38(37(33)25-30)39-26-36(28-14-8-5-9-15-28)35-21-20-34-32(27-12-6-4-7-13-27)22-23-43-40(34)41(35)44-39/h4-26H,1-3H3. The van der Waals surface area contributed by atoms with Gasteiger partial charge in [0.2, 0.25) is 0 Å². The van der Waals surface area contributed by atoms with Gasteiger partial charge in [0.1, 0.15) is 0 Å². The summed E-state index contributed by atoms with van der Waals surface area (Å²) in [5.74, 6) is 0. The molecule has 0 saturated carbocycles. The van der Waals surface area contributed by atoms with Crippen molar-refractivity contribution in [3.05, 3.63) is 145 Å². The molecule has 0 amide bonds. The fourth-order valence-electron chi connectivity index (χ4n) is 6.55. The Kier molecular flexibility index (Phi) is 6.06. The molecule has 2 heterocycles. The van der Waals surface area contributed by atoms with Gasteiger partial charge in [-0.15, -0.1) is 0 Å². The second-order valence-electron chi connectivity index (χ2n) is 12.7. The summed E-state index contributed by atoms with van der Waals surface area (Å²) < 4.78 is 0. The average molecular weight is 565 g/mol. The van der Waals surface area contributed by atoms with Crippen LogP contribution in [0.2, 0.25) is 0 Å². The van der Waals surface area contributed by atoms with Gasteiger partial charge in [-0.05, 0) is 79.0 Å². The normalized spacial score (nSPS) is 12.0. The summed E-state index contributed by atoms with van der Waals surface area (Å²) in [6.45, 7) is 6.83. The first-order valence-electron chi connectivity index (χ1n) is 15.3. The Balaban J connectivity index is 1.50. The van der Waals surface area contributed by atoms with Gasteiger partial charge in [-0.1, -0.05) is 130 Å². The van der Waals surface area contributed by atoms with Crippen molar-refractivity contribution in [3.8, 4) is 33.5 Å². The van der Waals surface area contributed by atoms with E-state index in [4.69, 9.17) is 9.97 Å². The number of fused-ring (bicyclic) bond motifs is 6. The van der Waals surface area contributed by atoms with E-state index >= 15 is 0 Å². The van der Waals surface area contributed by atoms with E-state index in [1.54, 1.807) is 0 Å². The van der Waals surface area contributed by atoms with Crippen LogP contribution in [-0.4, -0.2) is 9.97 Å². The first-order valence-corrected chi connectivity index (χ1v) is 15.3. The first-order chi connectivity index (χ1) is 21.5. The van der Waals surface area contributed by atoms with Crippen LogP contribution in [-0.2, 0) is 5.41 Å². The monoisotopic (exact) mass is 564 g/mol. The lowest BCUT2D eigenvalue weighted by Crippen LogP contribution is -2.10. The van der Waals surface area contributed by atoms with Crippen molar-refractivity contribution in [3.63, 3.8) is 0 Å². The Hall–Kier alpha value is -5.34. The predicted molar refractivity (Wildman–Crippen MR) is 187 cm³/mol. The Morgan fingerprint density at radius 2 is 1.09 bits per heavy atom. The van der Waals surface area contributed by atoms with Gasteiger partial charge in [-0.25, -0.2) is 4.98 Å². The zero-order chi connectivity index (χ0) is 29.8. The van der Waals surface area contributed by atoms with Crippen molar-refractivity contribution in [2.24, 2.45) is 0 Å². The number of rotatable bonds is 3. The molecule has 8 rings (SSSR count). The van der Waals surface area contributed by atoms with Crippen molar-refractivity contribution >= 4 is 43.4 Å². The highest BCUT2D eigenvalue weighted by molar-refractivity contribution is 6.16. The van der Waals surface area contributed by atoms with Crippen LogP contribution in [0.3, 0.4) is 0 Å². The Morgan fingerprint density at radius 3 is 1.82 bits per heavy atom.